The second kappa shape index (κ2) is 4.00. The van der Waals surface area contributed by atoms with Crippen LogP contribution < -0.4 is 0 Å². The third-order valence-electron chi connectivity index (χ3n) is 9.56. The molecule has 0 aromatic heterocycles. The topological polar surface area (TPSA) is 93.5 Å². The summed E-state index contributed by atoms with van der Waals surface area (Å²) in [7, 11) is 0. The number of hydrogen-bond acceptors (Lipinski definition) is 7. The van der Waals surface area contributed by atoms with E-state index in [0.717, 1.165) is 24.0 Å². The van der Waals surface area contributed by atoms with Crippen molar-refractivity contribution in [2.75, 3.05) is 13.2 Å². The predicted molar refractivity (Wildman–Crippen MR) is 90.2 cm³/mol. The molecule has 6 fully saturated rings. The van der Waals surface area contributed by atoms with Gasteiger partial charge in [0.25, 0.3) is 0 Å². The molecule has 5 heterocycles. The molecular formula is C21H22O7. The van der Waals surface area contributed by atoms with Crippen molar-refractivity contribution in [2.45, 2.75) is 74.3 Å². The molecule has 0 radical (unpaired) electrons. The molecule has 0 aromatic rings. The molecule has 3 aliphatic carbocycles. The largest absolute Gasteiger partial charge is 0.458 e. The van der Waals surface area contributed by atoms with Gasteiger partial charge in [-0.1, -0.05) is 13.8 Å². The van der Waals surface area contributed by atoms with Crippen molar-refractivity contribution in [1.82, 2.24) is 0 Å². The van der Waals surface area contributed by atoms with Crippen LogP contribution in [0.4, 0.5) is 0 Å². The van der Waals surface area contributed by atoms with E-state index in [2.05, 4.69) is 13.8 Å². The lowest BCUT2D eigenvalue weighted by molar-refractivity contribution is -0.140. The Morgan fingerprint density at radius 1 is 1.14 bits per heavy atom. The Morgan fingerprint density at radius 2 is 1.96 bits per heavy atom. The number of carbonyl (C=O) groups excluding carboxylic acids is 2. The summed E-state index contributed by atoms with van der Waals surface area (Å²) in [5, 5.41) is 0. The van der Waals surface area contributed by atoms with Crippen LogP contribution in [0.25, 0.3) is 0 Å². The quantitative estimate of drug-likeness (QED) is 0.509. The molecule has 0 unspecified atom stereocenters. The van der Waals surface area contributed by atoms with Gasteiger partial charge in [-0.05, 0) is 30.8 Å². The molecule has 0 bridgehead atoms. The number of Topliss-reactive ketones (excluding diaryl/α,β-unsaturated/α-hetero) is 1. The van der Waals surface area contributed by atoms with Crippen LogP contribution in [0.5, 0.6) is 0 Å². The van der Waals surface area contributed by atoms with E-state index < -0.39 is 16.8 Å². The lowest BCUT2D eigenvalue weighted by Crippen LogP contribution is -2.67. The highest BCUT2D eigenvalue weighted by Gasteiger charge is 3.01. The Balaban J connectivity index is 1.26. The van der Waals surface area contributed by atoms with Crippen molar-refractivity contribution in [3.05, 3.63) is 11.1 Å². The van der Waals surface area contributed by atoms with Crippen molar-refractivity contribution >= 4 is 11.8 Å². The Kier molecular flexibility index (Phi) is 2.22. The van der Waals surface area contributed by atoms with E-state index in [1.807, 2.05) is 0 Å². The monoisotopic (exact) mass is 386 g/mol. The Bertz CT molecular complexity index is 937. The van der Waals surface area contributed by atoms with E-state index >= 15 is 0 Å². The van der Waals surface area contributed by atoms with Gasteiger partial charge < -0.3 is 23.7 Å². The van der Waals surface area contributed by atoms with Crippen LogP contribution in [-0.2, 0) is 33.3 Å². The highest BCUT2D eigenvalue weighted by Crippen LogP contribution is 2.82. The first-order valence-corrected chi connectivity index (χ1v) is 10.5. The first-order chi connectivity index (χ1) is 13.4. The number of hydrogen-bond donors (Lipinski definition) is 0. The lowest BCUT2D eigenvalue weighted by atomic mass is 9.47. The minimum absolute atomic E-state index is 0.0264. The van der Waals surface area contributed by atoms with Gasteiger partial charge in [-0.25, -0.2) is 4.79 Å². The van der Waals surface area contributed by atoms with Crippen molar-refractivity contribution in [3.63, 3.8) is 0 Å². The number of ether oxygens (including phenoxy) is 5. The van der Waals surface area contributed by atoms with Crippen molar-refractivity contribution < 1.29 is 33.3 Å². The van der Waals surface area contributed by atoms with Crippen LogP contribution >= 0.6 is 0 Å². The van der Waals surface area contributed by atoms with Gasteiger partial charge in [-0.2, -0.15) is 0 Å². The molecule has 28 heavy (non-hydrogen) atoms. The van der Waals surface area contributed by atoms with Crippen LogP contribution in [0.3, 0.4) is 0 Å². The van der Waals surface area contributed by atoms with E-state index in [9.17, 15) is 9.59 Å². The summed E-state index contributed by atoms with van der Waals surface area (Å²) in [5.74, 6) is 0.110. The predicted octanol–water partition coefficient (Wildman–Crippen LogP) is 0.690. The molecule has 7 heteroatoms. The average Bonchev–Trinajstić information content (AvgIpc) is 3.54. The van der Waals surface area contributed by atoms with Gasteiger partial charge in [0.2, 0.25) is 5.78 Å². The first kappa shape index (κ1) is 15.5. The van der Waals surface area contributed by atoms with Crippen LogP contribution in [0.2, 0.25) is 0 Å². The smallest absolute Gasteiger partial charge is 0.334 e. The fourth-order valence-electron chi connectivity index (χ4n) is 7.88. The second-order valence-electron chi connectivity index (χ2n) is 10.2. The van der Waals surface area contributed by atoms with E-state index in [0.29, 0.717) is 19.6 Å². The number of fused-ring (bicyclic) bond motifs is 4. The van der Waals surface area contributed by atoms with E-state index in [4.69, 9.17) is 23.7 Å². The summed E-state index contributed by atoms with van der Waals surface area (Å²) in [5.41, 5.74) is -0.570. The Hall–Kier alpha value is -1.28. The highest BCUT2D eigenvalue weighted by atomic mass is 16.7. The molecule has 148 valence electrons. The van der Waals surface area contributed by atoms with E-state index in [1.54, 1.807) is 0 Å². The van der Waals surface area contributed by atoms with Gasteiger partial charge in [0.1, 0.15) is 24.4 Å². The fraction of sp³-hybridized carbons (Fsp3) is 0.810. The fourth-order valence-corrected chi connectivity index (χ4v) is 7.88. The number of rotatable bonds is 2. The minimum Gasteiger partial charge on any atom is -0.458 e. The minimum atomic E-state index is -0.874. The molecule has 0 amide bonds. The number of ketones is 1. The van der Waals surface area contributed by atoms with Gasteiger partial charge in [-0.15, -0.1) is 0 Å². The molecule has 8 rings (SSSR count). The maximum absolute atomic E-state index is 13.9. The van der Waals surface area contributed by atoms with Gasteiger partial charge in [0.15, 0.2) is 11.2 Å². The summed E-state index contributed by atoms with van der Waals surface area (Å²) in [6.45, 7) is 5.37. The number of carbonyl (C=O) groups is 2. The Labute approximate surface area is 161 Å². The molecule has 2 spiro atoms. The highest BCUT2D eigenvalue weighted by molar-refractivity contribution is 6.05. The zero-order valence-electron chi connectivity index (χ0n) is 15.9. The second-order valence-corrected chi connectivity index (χ2v) is 10.2. The van der Waals surface area contributed by atoms with E-state index in [-0.39, 0.29) is 53.4 Å². The van der Waals surface area contributed by atoms with Gasteiger partial charge in [0.05, 0.1) is 18.8 Å². The Morgan fingerprint density at radius 3 is 2.75 bits per heavy atom. The maximum atomic E-state index is 13.9. The van der Waals surface area contributed by atoms with Crippen molar-refractivity contribution in [1.29, 1.82) is 0 Å². The standard InChI is InChI=1S/C21H22O7/c1-8(12-7-24-12)19-14(27-19)15-21(28-15)18(2)4-3-9-10(6-25-16(9)22)11(18)5-13-20(21,26-13)17(19)23/h8,11-15H,3-7H2,1-2H3/t8-,11-,12-,13-,14-,15-,18-,19-,20+,21+/m0/s1. The van der Waals surface area contributed by atoms with Gasteiger partial charge in [0, 0.05) is 16.9 Å². The first-order valence-electron chi connectivity index (χ1n) is 10.5. The van der Waals surface area contributed by atoms with Crippen LogP contribution in [0.15, 0.2) is 11.1 Å². The van der Waals surface area contributed by atoms with Crippen molar-refractivity contribution in [2.24, 2.45) is 17.3 Å². The number of esters is 1. The third-order valence-corrected chi connectivity index (χ3v) is 9.56. The summed E-state index contributed by atoms with van der Waals surface area (Å²) in [6, 6.07) is 0. The molecule has 2 saturated carbocycles. The number of epoxide rings is 4. The molecule has 5 aliphatic heterocycles. The zero-order valence-corrected chi connectivity index (χ0v) is 15.9. The zero-order chi connectivity index (χ0) is 18.8. The molecule has 4 saturated heterocycles. The normalized spacial score (nSPS) is 62.4. The summed E-state index contributed by atoms with van der Waals surface area (Å²) in [4.78, 5) is 26.0. The SMILES string of the molecule is C[C@@H]([C@@H]1CO1)[C@]12O[C@H]1[C@@H]1O[C@@]13[C@@]1(C)CCC4=C(COC4=O)[C@@H]1C[C@@H]1O[C@@]13C2=O. The third kappa shape index (κ3) is 1.24. The molecule has 10 atom stereocenters. The van der Waals surface area contributed by atoms with Crippen LogP contribution in [0.1, 0.15) is 33.1 Å². The number of cyclic esters (lactones) is 1. The summed E-state index contributed by atoms with van der Waals surface area (Å²) in [6.07, 6.45) is 1.91. The van der Waals surface area contributed by atoms with Crippen LogP contribution in [-0.4, -0.2) is 66.2 Å². The molecule has 7 nitrogen and oxygen atoms in total. The summed E-state index contributed by atoms with van der Waals surface area (Å²) >= 11 is 0. The van der Waals surface area contributed by atoms with Gasteiger partial charge in [-0.3, -0.25) is 4.79 Å². The molecule has 0 N–H and O–H groups in total. The van der Waals surface area contributed by atoms with Gasteiger partial charge >= 0.3 is 5.97 Å². The summed E-state index contributed by atoms with van der Waals surface area (Å²) < 4.78 is 29.8. The van der Waals surface area contributed by atoms with Crippen LogP contribution in [0, 0.1) is 17.3 Å². The van der Waals surface area contributed by atoms with E-state index in [1.165, 1.54) is 0 Å². The average molecular weight is 386 g/mol. The maximum Gasteiger partial charge on any atom is 0.334 e. The molecular weight excluding hydrogens is 364 g/mol. The molecule has 8 aliphatic rings. The van der Waals surface area contributed by atoms with Crippen molar-refractivity contribution in [3.8, 4) is 0 Å². The molecule has 0 aromatic carbocycles. The lowest BCUT2D eigenvalue weighted by Gasteiger charge is -2.51.